The van der Waals surface area contributed by atoms with E-state index in [4.69, 9.17) is 9.47 Å². The number of hydrogen-bond donors (Lipinski definition) is 1. The first kappa shape index (κ1) is 22.1. The number of carbonyl (C=O) groups excluding carboxylic acids is 1. The molecule has 1 fully saturated rings. The molecule has 7 heteroatoms. The molecule has 0 spiro atoms. The fourth-order valence-corrected chi connectivity index (χ4v) is 5.22. The molecule has 1 N–H and O–H groups in total. The number of rotatable bonds is 6. The molecule has 2 aromatic heterocycles. The van der Waals surface area contributed by atoms with E-state index in [1.54, 1.807) is 25.0 Å². The first-order valence-corrected chi connectivity index (χ1v) is 11.6. The summed E-state index contributed by atoms with van der Waals surface area (Å²) in [6.07, 6.45) is 5.88. The van der Waals surface area contributed by atoms with E-state index in [0.29, 0.717) is 28.0 Å². The van der Waals surface area contributed by atoms with Crippen molar-refractivity contribution in [2.75, 3.05) is 14.2 Å². The number of fused-ring (bicyclic) bond motifs is 3. The van der Waals surface area contributed by atoms with Gasteiger partial charge in [0.15, 0.2) is 0 Å². The second kappa shape index (κ2) is 8.89. The summed E-state index contributed by atoms with van der Waals surface area (Å²) in [4.78, 5) is 27.2. The fraction of sp³-hybridized carbons (Fsp3) is 0.333. The van der Waals surface area contributed by atoms with Gasteiger partial charge < -0.3 is 23.9 Å². The lowest BCUT2D eigenvalue weighted by Gasteiger charge is -2.17. The second-order valence-electron chi connectivity index (χ2n) is 8.85. The normalized spacial score (nSPS) is 14.1. The monoisotopic (exact) mass is 459 g/mol. The molecule has 4 aromatic rings. The Bertz CT molecular complexity index is 1440. The Hall–Kier alpha value is -3.74. The summed E-state index contributed by atoms with van der Waals surface area (Å²) in [5.74, 6) is 1.14. The van der Waals surface area contributed by atoms with E-state index in [2.05, 4.69) is 5.32 Å². The maximum Gasteiger partial charge on any atom is 0.275 e. The molecule has 0 bridgehead atoms. The highest BCUT2D eigenvalue weighted by Gasteiger charge is 2.25. The number of nitrogens with zero attached hydrogens (tertiary/aromatic N) is 2. The Morgan fingerprint density at radius 1 is 1.09 bits per heavy atom. The summed E-state index contributed by atoms with van der Waals surface area (Å²) < 4.78 is 14.5. The van der Waals surface area contributed by atoms with Crippen molar-refractivity contribution < 1.29 is 14.3 Å². The number of nitrogens with one attached hydrogen (secondary N) is 1. The van der Waals surface area contributed by atoms with Crippen molar-refractivity contribution in [2.45, 2.75) is 38.3 Å². The highest BCUT2D eigenvalue weighted by molar-refractivity contribution is 6.17. The number of aryl methyl sites for hydroxylation is 1. The molecule has 2 aromatic carbocycles. The van der Waals surface area contributed by atoms with Gasteiger partial charge in [-0.25, -0.2) is 0 Å². The zero-order valence-corrected chi connectivity index (χ0v) is 19.8. The molecule has 7 nitrogen and oxygen atoms in total. The standard InChI is InChI=1S/C27H29N3O4/c1-29-22-11-7-6-10-20(22)24-21(16-30(27(32)25(24)29)18-8-4-5-9-18)26(31)28-15-17-14-19(33-2)12-13-23(17)34-3/h6-7,10-14,16,18H,4-5,8-9,15H2,1-3H3,(H,28,31). The molecule has 0 atom stereocenters. The van der Waals surface area contributed by atoms with Crippen LogP contribution in [0.15, 0.2) is 53.5 Å². The van der Waals surface area contributed by atoms with E-state index in [-0.39, 0.29) is 24.1 Å². The van der Waals surface area contributed by atoms with Gasteiger partial charge in [0.25, 0.3) is 11.5 Å². The number of para-hydroxylation sites is 1. The molecule has 1 aliphatic carbocycles. The SMILES string of the molecule is COc1ccc(OC)c(CNC(=O)c2cn(C3CCCC3)c(=O)c3c2c2ccccc2n3C)c1. The van der Waals surface area contributed by atoms with Gasteiger partial charge in [0, 0.05) is 47.7 Å². The van der Waals surface area contributed by atoms with Crippen molar-refractivity contribution in [2.24, 2.45) is 7.05 Å². The molecule has 1 amide bonds. The zero-order chi connectivity index (χ0) is 23.8. The van der Waals surface area contributed by atoms with Crippen molar-refractivity contribution in [1.29, 1.82) is 0 Å². The third kappa shape index (κ3) is 3.61. The minimum atomic E-state index is -0.224. The number of hydrogen-bond acceptors (Lipinski definition) is 4. The van der Waals surface area contributed by atoms with Gasteiger partial charge in [-0.3, -0.25) is 9.59 Å². The van der Waals surface area contributed by atoms with Crippen LogP contribution in [0.4, 0.5) is 0 Å². The summed E-state index contributed by atoms with van der Waals surface area (Å²) >= 11 is 0. The van der Waals surface area contributed by atoms with Gasteiger partial charge in [0.2, 0.25) is 0 Å². The van der Waals surface area contributed by atoms with Crippen molar-refractivity contribution in [1.82, 2.24) is 14.5 Å². The molecule has 0 aliphatic heterocycles. The first-order valence-electron chi connectivity index (χ1n) is 11.6. The molecule has 0 radical (unpaired) electrons. The number of amides is 1. The van der Waals surface area contributed by atoms with E-state index < -0.39 is 0 Å². The van der Waals surface area contributed by atoms with Gasteiger partial charge in [0.1, 0.15) is 17.0 Å². The average Bonchev–Trinajstić information content (AvgIpc) is 3.50. The molecule has 0 saturated heterocycles. The number of aromatic nitrogens is 2. The molecule has 0 unspecified atom stereocenters. The number of methoxy groups -OCH3 is 2. The molecular weight excluding hydrogens is 430 g/mol. The van der Waals surface area contributed by atoms with Crippen molar-refractivity contribution in [3.63, 3.8) is 0 Å². The Morgan fingerprint density at radius 3 is 2.59 bits per heavy atom. The predicted molar refractivity (Wildman–Crippen MR) is 133 cm³/mol. The van der Waals surface area contributed by atoms with Crippen molar-refractivity contribution in [3.05, 3.63) is 70.1 Å². The third-order valence-corrected chi connectivity index (χ3v) is 6.97. The lowest BCUT2D eigenvalue weighted by atomic mass is 10.1. The van der Waals surface area contributed by atoms with Crippen molar-refractivity contribution in [3.8, 4) is 11.5 Å². The minimum absolute atomic E-state index is 0.0355. The van der Waals surface area contributed by atoms with Crippen LogP contribution in [0.25, 0.3) is 21.8 Å². The van der Waals surface area contributed by atoms with E-state index in [0.717, 1.165) is 42.1 Å². The van der Waals surface area contributed by atoms with Crippen molar-refractivity contribution >= 4 is 27.7 Å². The number of pyridine rings is 1. The van der Waals surface area contributed by atoms with Crippen LogP contribution in [0.1, 0.15) is 47.6 Å². The average molecular weight is 460 g/mol. The fourth-order valence-electron chi connectivity index (χ4n) is 5.22. The molecular formula is C27H29N3O4. The van der Waals surface area contributed by atoms with Gasteiger partial charge in [0.05, 0.1) is 19.8 Å². The maximum absolute atomic E-state index is 13.6. The van der Waals surface area contributed by atoms with E-state index >= 15 is 0 Å². The van der Waals surface area contributed by atoms with Crippen LogP contribution in [0.2, 0.25) is 0 Å². The predicted octanol–water partition coefficient (Wildman–Crippen LogP) is 4.56. The topological polar surface area (TPSA) is 74.5 Å². The van der Waals surface area contributed by atoms with Gasteiger partial charge >= 0.3 is 0 Å². The van der Waals surface area contributed by atoms with Crippen LogP contribution in [-0.2, 0) is 13.6 Å². The molecule has 1 saturated carbocycles. The first-order chi connectivity index (χ1) is 16.5. The largest absolute Gasteiger partial charge is 0.497 e. The van der Waals surface area contributed by atoms with Gasteiger partial charge in [-0.15, -0.1) is 0 Å². The number of carbonyl (C=O) groups is 1. The summed E-state index contributed by atoms with van der Waals surface area (Å²) in [5.41, 5.74) is 2.79. The van der Waals surface area contributed by atoms with Gasteiger partial charge in [-0.1, -0.05) is 31.0 Å². The Kier molecular flexibility index (Phi) is 5.77. The van der Waals surface area contributed by atoms with Crippen LogP contribution >= 0.6 is 0 Å². The summed E-state index contributed by atoms with van der Waals surface area (Å²) in [5, 5.41) is 4.65. The van der Waals surface area contributed by atoms with Gasteiger partial charge in [-0.05, 0) is 37.1 Å². The van der Waals surface area contributed by atoms with E-state index in [1.165, 1.54) is 0 Å². The zero-order valence-electron chi connectivity index (χ0n) is 19.8. The van der Waals surface area contributed by atoms with Gasteiger partial charge in [-0.2, -0.15) is 0 Å². The van der Waals surface area contributed by atoms with Crippen LogP contribution in [0.3, 0.4) is 0 Å². The maximum atomic E-state index is 13.6. The molecule has 5 rings (SSSR count). The van der Waals surface area contributed by atoms with Crippen LogP contribution in [0.5, 0.6) is 11.5 Å². The highest BCUT2D eigenvalue weighted by Crippen LogP contribution is 2.33. The molecule has 1 aliphatic rings. The smallest absolute Gasteiger partial charge is 0.275 e. The number of benzene rings is 2. The lowest BCUT2D eigenvalue weighted by molar-refractivity contribution is 0.0951. The number of ether oxygens (including phenoxy) is 2. The van der Waals surface area contributed by atoms with Crippen LogP contribution < -0.4 is 20.3 Å². The van der Waals surface area contributed by atoms with Crippen LogP contribution in [-0.4, -0.2) is 29.3 Å². The molecule has 2 heterocycles. The summed E-state index contributed by atoms with van der Waals surface area (Å²) in [6.45, 7) is 0.272. The lowest BCUT2D eigenvalue weighted by Crippen LogP contribution is -2.29. The summed E-state index contributed by atoms with van der Waals surface area (Å²) in [7, 11) is 5.10. The third-order valence-electron chi connectivity index (χ3n) is 6.97. The Morgan fingerprint density at radius 2 is 1.85 bits per heavy atom. The van der Waals surface area contributed by atoms with E-state index in [1.807, 2.05) is 54.1 Å². The molecule has 34 heavy (non-hydrogen) atoms. The molecule has 176 valence electrons. The summed E-state index contributed by atoms with van der Waals surface area (Å²) in [6, 6.07) is 13.5. The minimum Gasteiger partial charge on any atom is -0.497 e. The van der Waals surface area contributed by atoms with Crippen LogP contribution in [0, 0.1) is 0 Å². The highest BCUT2D eigenvalue weighted by atomic mass is 16.5. The Balaban J connectivity index is 1.62. The Labute approximate surface area is 197 Å². The quantitative estimate of drug-likeness (QED) is 0.459. The second-order valence-corrected chi connectivity index (χ2v) is 8.85. The van der Waals surface area contributed by atoms with E-state index in [9.17, 15) is 9.59 Å².